The molecule has 50 heavy (non-hydrogen) atoms. The van der Waals surface area contributed by atoms with E-state index in [2.05, 4.69) is 15.0 Å². The van der Waals surface area contributed by atoms with Crippen LogP contribution in [-0.4, -0.2) is 74.5 Å². The SMILES string of the molecule is CC(C)c1nccc2c1-n1c(=O)nc(N3C[C@@H](C)N(C(=O)OC(C)(C)C)C[C@@H]3C)c3cc(F)c(nc31)-c1cccc(C(F)(F)F)c1OCCO2. The lowest BCUT2D eigenvalue weighted by molar-refractivity contribution is -0.139. The Morgan fingerprint density at radius 1 is 1.02 bits per heavy atom. The summed E-state index contributed by atoms with van der Waals surface area (Å²) in [6, 6.07) is 5.11. The van der Waals surface area contributed by atoms with Gasteiger partial charge in [0.1, 0.15) is 47.5 Å². The zero-order valence-corrected chi connectivity index (χ0v) is 28.8. The number of hydrogen-bond acceptors (Lipinski definition) is 9. The Bertz CT molecular complexity index is 2030. The number of aromatic nitrogens is 4. The normalized spacial score (nSPS) is 18.2. The van der Waals surface area contributed by atoms with E-state index in [1.165, 1.54) is 22.9 Å². The molecule has 0 saturated carbocycles. The Morgan fingerprint density at radius 3 is 2.42 bits per heavy atom. The van der Waals surface area contributed by atoms with Gasteiger partial charge in [0.2, 0.25) is 0 Å². The van der Waals surface area contributed by atoms with Gasteiger partial charge < -0.3 is 24.0 Å². The molecular weight excluding hydrogens is 660 g/mol. The predicted octanol–water partition coefficient (Wildman–Crippen LogP) is 6.73. The van der Waals surface area contributed by atoms with Crippen LogP contribution in [0.15, 0.2) is 41.3 Å². The number of pyridine rings is 2. The number of hydrogen-bond donors (Lipinski definition) is 0. The number of halogens is 4. The van der Waals surface area contributed by atoms with E-state index in [4.69, 9.17) is 14.2 Å². The number of para-hydroxylation sites is 1. The van der Waals surface area contributed by atoms with Crippen LogP contribution in [0.4, 0.5) is 28.2 Å². The topological polar surface area (TPSA) is 112 Å². The zero-order chi connectivity index (χ0) is 36.3. The fraction of sp³-hybridized carbons (Fsp3) is 0.457. The molecule has 2 aliphatic heterocycles. The van der Waals surface area contributed by atoms with Crippen molar-refractivity contribution in [3.8, 4) is 28.4 Å². The number of piperazine rings is 1. The minimum atomic E-state index is -4.82. The minimum absolute atomic E-state index is 0.0745. The van der Waals surface area contributed by atoms with Gasteiger partial charge in [-0.25, -0.2) is 23.5 Å². The molecule has 1 aromatic carbocycles. The summed E-state index contributed by atoms with van der Waals surface area (Å²) in [5.74, 6) is -1.50. The van der Waals surface area contributed by atoms with Crippen molar-refractivity contribution in [3.63, 3.8) is 0 Å². The Morgan fingerprint density at radius 2 is 1.74 bits per heavy atom. The number of benzene rings is 1. The largest absolute Gasteiger partial charge is 0.489 e. The van der Waals surface area contributed by atoms with Crippen molar-refractivity contribution in [2.24, 2.45) is 0 Å². The van der Waals surface area contributed by atoms with E-state index in [0.717, 1.165) is 18.2 Å². The highest BCUT2D eigenvalue weighted by Gasteiger charge is 2.39. The van der Waals surface area contributed by atoms with Crippen molar-refractivity contribution < 1.29 is 36.6 Å². The van der Waals surface area contributed by atoms with Crippen molar-refractivity contribution in [1.82, 2.24) is 24.4 Å². The predicted molar refractivity (Wildman–Crippen MR) is 178 cm³/mol. The average molecular weight is 699 g/mol. The highest BCUT2D eigenvalue weighted by Crippen LogP contribution is 2.44. The third kappa shape index (κ3) is 6.40. The van der Waals surface area contributed by atoms with Crippen molar-refractivity contribution in [3.05, 3.63) is 64.1 Å². The fourth-order valence-corrected chi connectivity index (χ4v) is 6.32. The van der Waals surface area contributed by atoms with Crippen molar-refractivity contribution in [2.45, 2.75) is 78.2 Å². The molecule has 1 saturated heterocycles. The second-order valence-electron chi connectivity index (χ2n) is 13.8. The number of carbonyl (C=O) groups excluding carboxylic acids is 1. The average Bonchev–Trinajstić information content (AvgIpc) is 3.01. The molecule has 0 radical (unpaired) electrons. The van der Waals surface area contributed by atoms with Crippen LogP contribution in [0.5, 0.6) is 11.5 Å². The summed E-state index contributed by atoms with van der Waals surface area (Å²) in [5.41, 5.74) is -2.70. The third-order valence-corrected chi connectivity index (χ3v) is 8.54. The molecule has 2 bridgehead atoms. The number of anilines is 1. The van der Waals surface area contributed by atoms with Crippen LogP contribution in [0.1, 0.15) is 65.6 Å². The van der Waals surface area contributed by atoms with E-state index < -0.39 is 58.5 Å². The standard InChI is InChI=1S/C35H38F4N6O5/c1-18(2)26-28-25(11-12-40-26)48-13-14-49-29-21(9-8-10-23(29)35(37,38)39)27-24(36)15-22-30(42-32(46)45(28)31(22)41-27)43-16-20(4)44(17-19(43)3)33(47)50-34(5,6)7/h8-12,15,18-20H,13-14,16-17H2,1-7H3/t19-,20+/m0/s1. The second kappa shape index (κ2) is 12.7. The van der Waals surface area contributed by atoms with Gasteiger partial charge in [0.15, 0.2) is 11.5 Å². The lowest BCUT2D eigenvalue weighted by Crippen LogP contribution is -2.59. The zero-order valence-electron chi connectivity index (χ0n) is 28.8. The van der Waals surface area contributed by atoms with Gasteiger partial charge in [-0.3, -0.25) is 4.98 Å². The summed E-state index contributed by atoms with van der Waals surface area (Å²) >= 11 is 0. The summed E-state index contributed by atoms with van der Waals surface area (Å²) in [5, 5.41) is 0.117. The van der Waals surface area contributed by atoms with E-state index >= 15 is 4.39 Å². The number of alkyl halides is 3. The Hall–Kier alpha value is -4.95. The highest BCUT2D eigenvalue weighted by atomic mass is 19.4. The molecule has 11 nitrogen and oxygen atoms in total. The molecule has 266 valence electrons. The Labute approximate surface area is 285 Å². The van der Waals surface area contributed by atoms with E-state index in [1.807, 2.05) is 27.7 Å². The molecule has 0 unspecified atom stereocenters. The molecule has 1 fully saturated rings. The highest BCUT2D eigenvalue weighted by molar-refractivity contribution is 5.91. The maximum absolute atomic E-state index is 16.4. The summed E-state index contributed by atoms with van der Waals surface area (Å²) in [6.07, 6.45) is -3.82. The van der Waals surface area contributed by atoms with Crippen molar-refractivity contribution >= 4 is 22.9 Å². The van der Waals surface area contributed by atoms with Crippen LogP contribution in [-0.2, 0) is 10.9 Å². The molecule has 0 N–H and O–H groups in total. The molecule has 2 aliphatic rings. The van der Waals surface area contributed by atoms with Crippen LogP contribution in [0, 0.1) is 5.82 Å². The number of carbonyl (C=O) groups is 1. The number of fused-ring (bicyclic) bond motifs is 5. The quantitative estimate of drug-likeness (QED) is 0.211. The minimum Gasteiger partial charge on any atom is -0.489 e. The van der Waals surface area contributed by atoms with Gasteiger partial charge in [0.25, 0.3) is 0 Å². The maximum atomic E-state index is 16.4. The first-order valence-electron chi connectivity index (χ1n) is 16.3. The Balaban J connectivity index is 1.63. The van der Waals surface area contributed by atoms with Crippen LogP contribution in [0.25, 0.3) is 28.0 Å². The maximum Gasteiger partial charge on any atom is 0.419 e. The lowest BCUT2D eigenvalue weighted by atomic mass is 10.0. The molecule has 2 atom stereocenters. The first kappa shape index (κ1) is 34.9. The fourth-order valence-electron chi connectivity index (χ4n) is 6.32. The first-order chi connectivity index (χ1) is 23.5. The van der Waals surface area contributed by atoms with Gasteiger partial charge in [0.05, 0.1) is 16.6 Å². The van der Waals surface area contributed by atoms with Crippen molar-refractivity contribution in [2.75, 3.05) is 31.2 Å². The Kier molecular flexibility index (Phi) is 8.89. The van der Waals surface area contributed by atoms with E-state index in [0.29, 0.717) is 5.69 Å². The van der Waals surface area contributed by atoms with Crippen LogP contribution in [0.3, 0.4) is 0 Å². The number of ether oxygens (including phenoxy) is 3. The molecule has 1 amide bonds. The molecule has 4 aromatic rings. The lowest BCUT2D eigenvalue weighted by Gasteiger charge is -2.44. The molecule has 5 heterocycles. The summed E-state index contributed by atoms with van der Waals surface area (Å²) in [6.45, 7) is 12.6. The number of nitrogens with zero attached hydrogens (tertiary/aromatic N) is 6. The second-order valence-corrected chi connectivity index (χ2v) is 13.8. The first-order valence-corrected chi connectivity index (χ1v) is 16.3. The third-order valence-electron chi connectivity index (χ3n) is 8.54. The van der Waals surface area contributed by atoms with Gasteiger partial charge in [0, 0.05) is 43.0 Å². The van der Waals surface area contributed by atoms with Gasteiger partial charge in [-0.05, 0) is 58.7 Å². The molecule has 0 aliphatic carbocycles. The number of rotatable bonds is 2. The van der Waals surface area contributed by atoms with Gasteiger partial charge >= 0.3 is 18.0 Å². The van der Waals surface area contributed by atoms with Crippen LogP contribution >= 0.6 is 0 Å². The molecule has 15 heteroatoms. The monoisotopic (exact) mass is 698 g/mol. The van der Waals surface area contributed by atoms with Crippen LogP contribution < -0.4 is 20.1 Å². The van der Waals surface area contributed by atoms with E-state index in [1.54, 1.807) is 30.6 Å². The molecule has 6 rings (SSSR count). The molecule has 3 aromatic heterocycles. The van der Waals surface area contributed by atoms with E-state index in [-0.39, 0.29) is 66.1 Å². The van der Waals surface area contributed by atoms with Gasteiger partial charge in [-0.2, -0.15) is 18.2 Å². The smallest absolute Gasteiger partial charge is 0.419 e. The van der Waals surface area contributed by atoms with Crippen LogP contribution in [0.2, 0.25) is 0 Å². The summed E-state index contributed by atoms with van der Waals surface area (Å²) in [7, 11) is 0. The molecule has 0 spiro atoms. The van der Waals surface area contributed by atoms with Crippen molar-refractivity contribution in [1.29, 1.82) is 0 Å². The van der Waals surface area contributed by atoms with E-state index in [9.17, 15) is 22.8 Å². The van der Waals surface area contributed by atoms with Gasteiger partial charge in [-0.15, -0.1) is 0 Å². The van der Waals surface area contributed by atoms with Gasteiger partial charge in [-0.1, -0.05) is 19.9 Å². The summed E-state index contributed by atoms with van der Waals surface area (Å²) in [4.78, 5) is 44.3. The summed E-state index contributed by atoms with van der Waals surface area (Å²) < 4.78 is 77.5. The molecular formula is C35H38F4N6O5. The number of amides is 1.